The highest BCUT2D eigenvalue weighted by Crippen LogP contribution is 2.44. The second kappa shape index (κ2) is 5.48. The lowest BCUT2D eigenvalue weighted by atomic mass is 9.79. The summed E-state index contributed by atoms with van der Waals surface area (Å²) < 4.78 is 0. The molecule has 0 radical (unpaired) electrons. The summed E-state index contributed by atoms with van der Waals surface area (Å²) in [7, 11) is 0. The van der Waals surface area contributed by atoms with Crippen LogP contribution in [0.25, 0.3) is 0 Å². The maximum absolute atomic E-state index is 11.6. The molecule has 1 aliphatic carbocycles. The topological polar surface area (TPSA) is 106 Å². The van der Waals surface area contributed by atoms with Gasteiger partial charge in [-0.15, -0.1) is 0 Å². The van der Waals surface area contributed by atoms with Crippen molar-refractivity contribution < 1.29 is 14.8 Å². The summed E-state index contributed by atoms with van der Waals surface area (Å²) >= 11 is 0. The van der Waals surface area contributed by atoms with Gasteiger partial charge in [0, 0.05) is 6.07 Å². The Kier molecular flexibility index (Phi) is 3.92. The standard InChI is InChI=1S/C14H18N2O4/c1-8-4-2-5-9(8)12(14(17)18)10-6-3-7-11(13(10)15)16(19)20/h3,6-9,12H,2,4-5,15H2,1H3,(H,17,18). The number of aliphatic carboxylic acids is 1. The van der Waals surface area contributed by atoms with E-state index in [0.29, 0.717) is 5.56 Å². The lowest BCUT2D eigenvalue weighted by molar-refractivity contribution is -0.384. The lowest BCUT2D eigenvalue weighted by Crippen LogP contribution is -2.24. The van der Waals surface area contributed by atoms with Crippen LogP contribution < -0.4 is 5.73 Å². The van der Waals surface area contributed by atoms with E-state index >= 15 is 0 Å². The number of benzene rings is 1. The van der Waals surface area contributed by atoms with Crippen LogP contribution >= 0.6 is 0 Å². The Bertz CT molecular complexity index is 544. The molecule has 1 aliphatic rings. The number of anilines is 1. The fourth-order valence-corrected chi connectivity index (χ4v) is 3.22. The van der Waals surface area contributed by atoms with Crippen LogP contribution in [-0.4, -0.2) is 16.0 Å². The first-order valence-electron chi connectivity index (χ1n) is 6.69. The predicted molar refractivity (Wildman–Crippen MR) is 74.4 cm³/mol. The highest BCUT2D eigenvalue weighted by Gasteiger charge is 2.38. The monoisotopic (exact) mass is 278 g/mol. The third-order valence-electron chi connectivity index (χ3n) is 4.27. The normalized spacial score (nSPS) is 23.4. The van der Waals surface area contributed by atoms with E-state index in [1.54, 1.807) is 6.07 Å². The van der Waals surface area contributed by atoms with Crippen LogP contribution in [0.2, 0.25) is 0 Å². The molecule has 0 aromatic heterocycles. The van der Waals surface area contributed by atoms with Gasteiger partial charge in [-0.2, -0.15) is 0 Å². The summed E-state index contributed by atoms with van der Waals surface area (Å²) in [5, 5.41) is 20.5. The van der Waals surface area contributed by atoms with Crippen molar-refractivity contribution in [1.82, 2.24) is 0 Å². The van der Waals surface area contributed by atoms with E-state index in [1.807, 2.05) is 6.92 Å². The Morgan fingerprint density at radius 1 is 1.50 bits per heavy atom. The van der Waals surface area contributed by atoms with E-state index in [-0.39, 0.29) is 23.2 Å². The number of hydrogen-bond acceptors (Lipinski definition) is 4. The number of carboxylic acids is 1. The Labute approximate surface area is 116 Å². The molecule has 1 fully saturated rings. The van der Waals surface area contributed by atoms with E-state index < -0.39 is 16.8 Å². The van der Waals surface area contributed by atoms with Gasteiger partial charge in [-0.1, -0.05) is 31.9 Å². The second-order valence-electron chi connectivity index (χ2n) is 5.43. The van der Waals surface area contributed by atoms with Crippen LogP contribution in [0.15, 0.2) is 18.2 Å². The maximum Gasteiger partial charge on any atom is 0.311 e. The molecular formula is C14H18N2O4. The van der Waals surface area contributed by atoms with E-state index in [1.165, 1.54) is 12.1 Å². The number of carboxylic acid groups (broad SMARTS) is 1. The predicted octanol–water partition coefficient (Wildman–Crippen LogP) is 2.78. The molecule has 1 aromatic rings. The minimum absolute atomic E-state index is 0.0168. The van der Waals surface area contributed by atoms with Crippen molar-refractivity contribution in [2.75, 3.05) is 5.73 Å². The average Bonchev–Trinajstić information content (AvgIpc) is 2.77. The molecule has 0 bridgehead atoms. The molecule has 2 rings (SSSR count). The van der Waals surface area contributed by atoms with Gasteiger partial charge in [0.25, 0.3) is 5.69 Å². The molecule has 108 valence electrons. The molecule has 20 heavy (non-hydrogen) atoms. The molecule has 1 saturated carbocycles. The summed E-state index contributed by atoms with van der Waals surface area (Å²) in [6, 6.07) is 4.39. The summed E-state index contributed by atoms with van der Waals surface area (Å²) in [4.78, 5) is 22.0. The van der Waals surface area contributed by atoms with Gasteiger partial charge >= 0.3 is 5.97 Å². The van der Waals surface area contributed by atoms with Gasteiger partial charge in [-0.05, 0) is 23.8 Å². The van der Waals surface area contributed by atoms with Crippen LogP contribution in [0, 0.1) is 22.0 Å². The van der Waals surface area contributed by atoms with Crippen molar-refractivity contribution in [3.63, 3.8) is 0 Å². The molecule has 0 aliphatic heterocycles. The average molecular weight is 278 g/mol. The number of nitro groups is 1. The zero-order chi connectivity index (χ0) is 14.9. The van der Waals surface area contributed by atoms with Crippen molar-refractivity contribution in [3.8, 4) is 0 Å². The van der Waals surface area contributed by atoms with Crippen molar-refractivity contribution in [1.29, 1.82) is 0 Å². The van der Waals surface area contributed by atoms with Crippen molar-refractivity contribution in [2.24, 2.45) is 11.8 Å². The smallest absolute Gasteiger partial charge is 0.311 e. The van der Waals surface area contributed by atoms with Crippen molar-refractivity contribution in [3.05, 3.63) is 33.9 Å². The highest BCUT2D eigenvalue weighted by molar-refractivity contribution is 5.81. The van der Waals surface area contributed by atoms with E-state index in [0.717, 1.165) is 19.3 Å². The van der Waals surface area contributed by atoms with E-state index in [9.17, 15) is 20.0 Å². The number of para-hydroxylation sites is 1. The molecule has 0 saturated heterocycles. The number of carbonyl (C=O) groups is 1. The van der Waals surface area contributed by atoms with E-state index in [4.69, 9.17) is 5.73 Å². The second-order valence-corrected chi connectivity index (χ2v) is 5.43. The van der Waals surface area contributed by atoms with Crippen LogP contribution in [-0.2, 0) is 4.79 Å². The largest absolute Gasteiger partial charge is 0.481 e. The molecule has 0 amide bonds. The van der Waals surface area contributed by atoms with Gasteiger partial charge in [0.2, 0.25) is 0 Å². The molecule has 3 N–H and O–H groups in total. The SMILES string of the molecule is CC1CCCC1C(C(=O)O)c1cccc([N+](=O)[O-])c1N. The van der Waals surface area contributed by atoms with Gasteiger partial charge in [0.15, 0.2) is 0 Å². The van der Waals surface area contributed by atoms with Gasteiger partial charge < -0.3 is 10.8 Å². The first-order chi connectivity index (χ1) is 9.43. The van der Waals surface area contributed by atoms with Crippen LogP contribution in [0.1, 0.15) is 37.7 Å². The molecule has 0 spiro atoms. The summed E-state index contributed by atoms with van der Waals surface area (Å²) in [6.07, 6.45) is 2.80. The number of hydrogen-bond donors (Lipinski definition) is 2. The minimum Gasteiger partial charge on any atom is -0.481 e. The summed E-state index contributed by atoms with van der Waals surface area (Å²) in [5.74, 6) is -1.46. The maximum atomic E-state index is 11.6. The quantitative estimate of drug-likeness (QED) is 0.500. The van der Waals surface area contributed by atoms with Gasteiger partial charge in [-0.25, -0.2) is 0 Å². The van der Waals surface area contributed by atoms with E-state index in [2.05, 4.69) is 0 Å². The molecule has 3 unspecified atom stereocenters. The molecule has 6 nitrogen and oxygen atoms in total. The van der Waals surface area contributed by atoms with Crippen molar-refractivity contribution in [2.45, 2.75) is 32.1 Å². The fourth-order valence-electron chi connectivity index (χ4n) is 3.22. The number of nitrogens with zero attached hydrogens (tertiary/aromatic N) is 1. The molecule has 1 aromatic carbocycles. The molecule has 6 heteroatoms. The first-order valence-corrected chi connectivity index (χ1v) is 6.69. The zero-order valence-electron chi connectivity index (χ0n) is 11.3. The number of nitro benzene ring substituents is 1. The highest BCUT2D eigenvalue weighted by atomic mass is 16.6. The molecular weight excluding hydrogens is 260 g/mol. The van der Waals surface area contributed by atoms with Crippen LogP contribution in [0.5, 0.6) is 0 Å². The van der Waals surface area contributed by atoms with Crippen molar-refractivity contribution >= 4 is 17.3 Å². The molecule has 3 atom stereocenters. The number of nitrogens with two attached hydrogens (primary N) is 1. The van der Waals surface area contributed by atoms with Crippen LogP contribution in [0.4, 0.5) is 11.4 Å². The Morgan fingerprint density at radius 3 is 2.70 bits per heavy atom. The Balaban J connectivity index is 2.47. The number of rotatable bonds is 4. The van der Waals surface area contributed by atoms with Gasteiger partial charge in [-0.3, -0.25) is 14.9 Å². The third-order valence-corrected chi connectivity index (χ3v) is 4.27. The molecule has 0 heterocycles. The lowest BCUT2D eigenvalue weighted by Gasteiger charge is -2.24. The minimum atomic E-state index is -0.962. The number of nitrogen functional groups attached to an aromatic ring is 1. The zero-order valence-corrected chi connectivity index (χ0v) is 11.3. The Hall–Kier alpha value is -2.11. The fraction of sp³-hybridized carbons (Fsp3) is 0.500. The first kappa shape index (κ1) is 14.3. The summed E-state index contributed by atoms with van der Waals surface area (Å²) in [6.45, 7) is 2.03. The third kappa shape index (κ3) is 2.45. The Morgan fingerprint density at radius 2 is 2.20 bits per heavy atom. The van der Waals surface area contributed by atoms with Crippen LogP contribution in [0.3, 0.4) is 0 Å². The van der Waals surface area contributed by atoms with Gasteiger partial charge in [0.05, 0.1) is 10.8 Å². The summed E-state index contributed by atoms with van der Waals surface area (Å²) in [5.41, 5.74) is 5.95. The van der Waals surface area contributed by atoms with Gasteiger partial charge in [0.1, 0.15) is 5.69 Å².